The Kier molecular flexibility index (Phi) is 21.4. The van der Waals surface area contributed by atoms with Crippen molar-refractivity contribution in [2.45, 2.75) is 137 Å². The first-order valence-corrected chi connectivity index (χ1v) is 13.3. The van der Waals surface area contributed by atoms with Crippen LogP contribution in [0.15, 0.2) is 0 Å². The van der Waals surface area contributed by atoms with Gasteiger partial charge in [-0.3, -0.25) is 9.59 Å². The average Bonchev–Trinajstić information content (AvgIpc) is 2.77. The third-order valence-corrected chi connectivity index (χ3v) is 6.27. The Labute approximate surface area is 193 Å². The smallest absolute Gasteiger partial charge is 0.308 e. The summed E-state index contributed by atoms with van der Waals surface area (Å²) in [6.45, 7) is 9.67. The zero-order valence-electron chi connectivity index (χ0n) is 21.2. The van der Waals surface area contributed by atoms with Gasteiger partial charge in [-0.15, -0.1) is 0 Å². The number of ether oxygens (including phenoxy) is 2. The molecule has 0 aliphatic heterocycles. The fourth-order valence-electron chi connectivity index (χ4n) is 3.72. The Morgan fingerprint density at radius 1 is 0.613 bits per heavy atom. The molecule has 0 aromatic carbocycles. The van der Waals surface area contributed by atoms with Crippen LogP contribution in [0.3, 0.4) is 0 Å². The topological polar surface area (TPSA) is 52.6 Å². The van der Waals surface area contributed by atoms with Gasteiger partial charge in [0.05, 0.1) is 19.1 Å². The lowest BCUT2D eigenvalue weighted by Crippen LogP contribution is -2.22. The van der Waals surface area contributed by atoms with E-state index in [-0.39, 0.29) is 17.9 Å². The van der Waals surface area contributed by atoms with Crippen molar-refractivity contribution in [2.75, 3.05) is 13.2 Å². The van der Waals surface area contributed by atoms with E-state index in [4.69, 9.17) is 9.47 Å². The van der Waals surface area contributed by atoms with Gasteiger partial charge < -0.3 is 9.47 Å². The highest BCUT2D eigenvalue weighted by Gasteiger charge is 2.21. The maximum Gasteiger partial charge on any atom is 0.308 e. The van der Waals surface area contributed by atoms with Crippen LogP contribution < -0.4 is 0 Å². The summed E-state index contributed by atoms with van der Waals surface area (Å²) in [5.41, 5.74) is 0. The van der Waals surface area contributed by atoms with E-state index in [9.17, 15) is 9.59 Å². The molecule has 0 spiro atoms. The van der Waals surface area contributed by atoms with Crippen LogP contribution in [-0.4, -0.2) is 25.2 Å². The summed E-state index contributed by atoms with van der Waals surface area (Å²) in [7, 11) is 0. The molecule has 0 aliphatic carbocycles. The van der Waals surface area contributed by atoms with Crippen molar-refractivity contribution in [3.8, 4) is 0 Å². The number of esters is 2. The maximum absolute atomic E-state index is 12.1. The zero-order chi connectivity index (χ0) is 23.2. The first-order valence-electron chi connectivity index (χ1n) is 13.3. The molecule has 31 heavy (non-hydrogen) atoms. The van der Waals surface area contributed by atoms with Gasteiger partial charge in [0.25, 0.3) is 0 Å². The summed E-state index contributed by atoms with van der Waals surface area (Å²) in [6.07, 6.45) is 19.2. The van der Waals surface area contributed by atoms with Crippen LogP contribution in [-0.2, 0) is 19.1 Å². The van der Waals surface area contributed by atoms with Crippen LogP contribution in [0, 0.1) is 11.8 Å². The van der Waals surface area contributed by atoms with E-state index < -0.39 is 0 Å². The van der Waals surface area contributed by atoms with Crippen molar-refractivity contribution in [3.05, 3.63) is 0 Å². The fraction of sp³-hybridized carbons (Fsp3) is 0.926. The first kappa shape index (κ1) is 29.9. The second-order valence-electron chi connectivity index (χ2n) is 9.29. The van der Waals surface area contributed by atoms with E-state index >= 15 is 0 Å². The molecule has 0 saturated carbocycles. The third kappa shape index (κ3) is 19.4. The van der Waals surface area contributed by atoms with Crippen molar-refractivity contribution in [1.29, 1.82) is 0 Å². The molecule has 4 heteroatoms. The van der Waals surface area contributed by atoms with Crippen LogP contribution in [0.2, 0.25) is 0 Å². The second kappa shape index (κ2) is 22.1. The van der Waals surface area contributed by atoms with Gasteiger partial charge in [-0.05, 0) is 31.6 Å². The number of unbranched alkanes of at least 4 members (excludes halogenated alkanes) is 12. The molecule has 0 aliphatic rings. The van der Waals surface area contributed by atoms with Crippen LogP contribution in [0.25, 0.3) is 0 Å². The number of carbonyl (C=O) groups excluding carboxylic acids is 2. The fourth-order valence-corrected chi connectivity index (χ4v) is 3.72. The molecule has 0 bridgehead atoms. The molecule has 0 fully saturated rings. The number of hydrogen-bond donors (Lipinski definition) is 0. The van der Waals surface area contributed by atoms with Crippen LogP contribution in [0.4, 0.5) is 0 Å². The third-order valence-electron chi connectivity index (χ3n) is 6.27. The molecule has 0 aromatic heterocycles. The normalized spacial score (nSPS) is 13.0. The van der Waals surface area contributed by atoms with Crippen molar-refractivity contribution >= 4 is 11.9 Å². The number of carbonyl (C=O) groups is 2. The molecule has 0 N–H and O–H groups in total. The predicted octanol–water partition coefficient (Wildman–Crippen LogP) is 8.02. The van der Waals surface area contributed by atoms with E-state index in [2.05, 4.69) is 20.8 Å². The Morgan fingerprint density at radius 2 is 1.10 bits per heavy atom. The van der Waals surface area contributed by atoms with Crippen molar-refractivity contribution in [3.63, 3.8) is 0 Å². The minimum Gasteiger partial charge on any atom is -0.466 e. The largest absolute Gasteiger partial charge is 0.466 e. The maximum atomic E-state index is 12.1. The number of hydrogen-bond acceptors (Lipinski definition) is 4. The summed E-state index contributed by atoms with van der Waals surface area (Å²) >= 11 is 0. The number of rotatable bonds is 22. The summed E-state index contributed by atoms with van der Waals surface area (Å²) in [6, 6.07) is 0. The molecule has 0 saturated heterocycles. The average molecular weight is 441 g/mol. The van der Waals surface area contributed by atoms with Crippen molar-refractivity contribution in [2.24, 2.45) is 11.8 Å². The van der Waals surface area contributed by atoms with Gasteiger partial charge in [-0.2, -0.15) is 0 Å². The molecule has 2 atom stereocenters. The molecule has 4 nitrogen and oxygen atoms in total. The van der Waals surface area contributed by atoms with Gasteiger partial charge in [-0.1, -0.05) is 105 Å². The summed E-state index contributed by atoms with van der Waals surface area (Å²) in [4.78, 5) is 23.7. The molecule has 0 rings (SSSR count). The highest BCUT2D eigenvalue weighted by molar-refractivity contribution is 5.72. The molecular formula is C27H52O4. The zero-order valence-corrected chi connectivity index (χ0v) is 21.2. The molecule has 184 valence electrons. The Bertz CT molecular complexity index is 421. The van der Waals surface area contributed by atoms with E-state index in [1.165, 1.54) is 44.9 Å². The molecule has 0 aromatic rings. The van der Waals surface area contributed by atoms with Crippen molar-refractivity contribution < 1.29 is 19.1 Å². The molecule has 0 amide bonds. The molecular weight excluding hydrogens is 388 g/mol. The van der Waals surface area contributed by atoms with E-state index in [1.54, 1.807) is 0 Å². The SMILES string of the molecule is CCCCCOC(=O)CCCCCCCCCCCC(C)C(C)C(=O)OCCCCC. The Hall–Kier alpha value is -1.06. The van der Waals surface area contributed by atoms with Gasteiger partial charge >= 0.3 is 11.9 Å². The Morgan fingerprint density at radius 3 is 1.65 bits per heavy atom. The van der Waals surface area contributed by atoms with Crippen LogP contribution in [0.5, 0.6) is 0 Å². The second-order valence-corrected chi connectivity index (χ2v) is 9.29. The highest BCUT2D eigenvalue weighted by atomic mass is 16.5. The molecule has 0 radical (unpaired) electrons. The van der Waals surface area contributed by atoms with E-state index in [0.717, 1.165) is 57.8 Å². The van der Waals surface area contributed by atoms with Gasteiger partial charge in [-0.25, -0.2) is 0 Å². The molecule has 0 heterocycles. The van der Waals surface area contributed by atoms with E-state index in [1.807, 2.05) is 6.92 Å². The highest BCUT2D eigenvalue weighted by Crippen LogP contribution is 2.21. The van der Waals surface area contributed by atoms with E-state index in [0.29, 0.717) is 25.6 Å². The standard InChI is InChI=1S/C27H52O4/c1-5-7-18-22-30-26(28)21-17-15-13-11-9-10-12-14-16-20-24(3)25(4)27(29)31-23-19-8-6-2/h24-25H,5-23H2,1-4H3. The van der Waals surface area contributed by atoms with Gasteiger partial charge in [0.15, 0.2) is 0 Å². The van der Waals surface area contributed by atoms with Gasteiger partial charge in [0.1, 0.15) is 0 Å². The summed E-state index contributed by atoms with van der Waals surface area (Å²) < 4.78 is 10.6. The Balaban J connectivity index is 3.45. The predicted molar refractivity (Wildman–Crippen MR) is 130 cm³/mol. The molecule has 2 unspecified atom stereocenters. The monoisotopic (exact) mass is 440 g/mol. The summed E-state index contributed by atoms with van der Waals surface area (Å²) in [5.74, 6) is 0.366. The van der Waals surface area contributed by atoms with Crippen molar-refractivity contribution in [1.82, 2.24) is 0 Å². The van der Waals surface area contributed by atoms with Gasteiger partial charge in [0.2, 0.25) is 0 Å². The minimum atomic E-state index is -0.0237. The van der Waals surface area contributed by atoms with Crippen LogP contribution >= 0.6 is 0 Å². The minimum absolute atomic E-state index is 0.00949. The summed E-state index contributed by atoms with van der Waals surface area (Å²) in [5, 5.41) is 0. The van der Waals surface area contributed by atoms with Gasteiger partial charge in [0, 0.05) is 6.42 Å². The first-order chi connectivity index (χ1) is 15.0. The van der Waals surface area contributed by atoms with Crippen LogP contribution in [0.1, 0.15) is 137 Å². The lowest BCUT2D eigenvalue weighted by atomic mass is 9.90. The lowest BCUT2D eigenvalue weighted by molar-refractivity contribution is -0.150. The quantitative estimate of drug-likeness (QED) is 0.126. The lowest BCUT2D eigenvalue weighted by Gasteiger charge is -2.18.